The number of anilines is 1. The maximum absolute atomic E-state index is 8.80. The van der Waals surface area contributed by atoms with E-state index in [0.29, 0.717) is 23.9 Å². The molecule has 18 heavy (non-hydrogen) atoms. The fourth-order valence-corrected chi connectivity index (χ4v) is 1.72. The molecule has 0 aliphatic heterocycles. The molecule has 5 heteroatoms. The molecule has 1 N–H and O–H groups in total. The Labute approximate surface area is 104 Å². The van der Waals surface area contributed by atoms with E-state index in [1.165, 1.54) is 0 Å². The molecule has 0 radical (unpaired) electrons. The molecule has 3 rings (SSSR count). The first-order valence-electron chi connectivity index (χ1n) is 5.91. The molecule has 2 aromatic rings. The fraction of sp³-hybridized carbons (Fsp3) is 0.308. The van der Waals surface area contributed by atoms with Gasteiger partial charge in [-0.2, -0.15) is 10.2 Å². The zero-order valence-corrected chi connectivity index (χ0v) is 9.76. The summed E-state index contributed by atoms with van der Waals surface area (Å²) in [4.78, 5) is 4.32. The Morgan fingerprint density at radius 1 is 1.44 bits per heavy atom. The molecule has 0 spiro atoms. The van der Waals surface area contributed by atoms with E-state index in [-0.39, 0.29) is 0 Å². The van der Waals surface area contributed by atoms with E-state index in [1.807, 2.05) is 12.1 Å². The molecule has 1 heterocycles. The lowest BCUT2D eigenvalue weighted by Crippen LogP contribution is -2.01. The lowest BCUT2D eigenvalue weighted by Gasteiger charge is -2.02. The van der Waals surface area contributed by atoms with Crippen LogP contribution in [0.4, 0.5) is 5.69 Å². The van der Waals surface area contributed by atoms with E-state index >= 15 is 0 Å². The van der Waals surface area contributed by atoms with Crippen molar-refractivity contribution in [3.8, 4) is 6.07 Å². The van der Waals surface area contributed by atoms with Gasteiger partial charge in [-0.25, -0.2) is 0 Å². The zero-order valence-electron chi connectivity index (χ0n) is 9.76. The summed E-state index contributed by atoms with van der Waals surface area (Å²) in [7, 11) is 0. The number of hydrogen-bond donors (Lipinski definition) is 1. The molecule has 1 aliphatic rings. The number of rotatable bonds is 4. The quantitative estimate of drug-likeness (QED) is 0.888. The van der Waals surface area contributed by atoms with Crippen molar-refractivity contribution in [2.45, 2.75) is 25.3 Å². The van der Waals surface area contributed by atoms with Crippen LogP contribution in [0, 0.1) is 11.3 Å². The molecule has 1 aromatic heterocycles. The first kappa shape index (κ1) is 10.8. The van der Waals surface area contributed by atoms with Crippen molar-refractivity contribution in [2.75, 3.05) is 5.32 Å². The summed E-state index contributed by atoms with van der Waals surface area (Å²) in [6.07, 6.45) is 2.30. The summed E-state index contributed by atoms with van der Waals surface area (Å²) >= 11 is 0. The molecule has 0 bridgehead atoms. The molecule has 5 nitrogen and oxygen atoms in total. The maximum atomic E-state index is 8.80. The van der Waals surface area contributed by atoms with Crippen LogP contribution >= 0.6 is 0 Å². The Hall–Kier alpha value is -2.35. The topological polar surface area (TPSA) is 74.7 Å². The van der Waals surface area contributed by atoms with Crippen LogP contribution < -0.4 is 5.32 Å². The van der Waals surface area contributed by atoms with Crippen LogP contribution in [-0.2, 0) is 6.54 Å². The predicted octanol–water partition coefficient (Wildman–Crippen LogP) is 2.43. The summed E-state index contributed by atoms with van der Waals surface area (Å²) in [5, 5.41) is 15.9. The van der Waals surface area contributed by atoms with Crippen molar-refractivity contribution < 1.29 is 4.52 Å². The second-order valence-corrected chi connectivity index (χ2v) is 4.37. The van der Waals surface area contributed by atoms with Gasteiger partial charge in [0.2, 0.25) is 5.89 Å². The highest BCUT2D eigenvalue weighted by molar-refractivity contribution is 5.49. The molecule has 1 fully saturated rings. The molecule has 0 unspecified atom stereocenters. The van der Waals surface area contributed by atoms with E-state index in [4.69, 9.17) is 9.78 Å². The molecule has 0 saturated heterocycles. The number of benzene rings is 1. The van der Waals surface area contributed by atoms with Gasteiger partial charge in [0.1, 0.15) is 0 Å². The third kappa shape index (κ3) is 2.33. The van der Waals surface area contributed by atoms with Crippen molar-refractivity contribution in [3.05, 3.63) is 41.5 Å². The Morgan fingerprint density at radius 3 is 3.11 bits per heavy atom. The van der Waals surface area contributed by atoms with Gasteiger partial charge in [-0.3, -0.25) is 0 Å². The molecule has 0 amide bonds. The minimum atomic E-state index is 0.480. The number of hydrogen-bond acceptors (Lipinski definition) is 5. The van der Waals surface area contributed by atoms with Crippen LogP contribution in [0.15, 0.2) is 28.8 Å². The Morgan fingerprint density at radius 2 is 2.33 bits per heavy atom. The van der Waals surface area contributed by atoms with E-state index in [9.17, 15) is 0 Å². The number of nitrogens with zero attached hydrogens (tertiary/aromatic N) is 3. The molecule has 1 saturated carbocycles. The van der Waals surface area contributed by atoms with Crippen molar-refractivity contribution in [2.24, 2.45) is 0 Å². The minimum Gasteiger partial charge on any atom is -0.378 e. The maximum Gasteiger partial charge on any atom is 0.229 e. The van der Waals surface area contributed by atoms with Gasteiger partial charge in [0.25, 0.3) is 0 Å². The van der Waals surface area contributed by atoms with Crippen LogP contribution in [-0.4, -0.2) is 10.1 Å². The second-order valence-electron chi connectivity index (χ2n) is 4.37. The van der Waals surface area contributed by atoms with E-state index in [2.05, 4.69) is 21.5 Å². The van der Waals surface area contributed by atoms with Gasteiger partial charge in [-0.05, 0) is 31.0 Å². The second kappa shape index (κ2) is 4.49. The van der Waals surface area contributed by atoms with E-state index < -0.39 is 0 Å². The smallest absolute Gasteiger partial charge is 0.229 e. The molecule has 1 aromatic carbocycles. The first-order chi connectivity index (χ1) is 8.85. The number of aromatic nitrogens is 2. The van der Waals surface area contributed by atoms with Crippen LogP contribution in [0.2, 0.25) is 0 Å². The van der Waals surface area contributed by atoms with Crippen LogP contribution in [0.3, 0.4) is 0 Å². The van der Waals surface area contributed by atoms with Gasteiger partial charge in [-0.1, -0.05) is 11.2 Å². The fourth-order valence-electron chi connectivity index (χ4n) is 1.72. The van der Waals surface area contributed by atoms with Gasteiger partial charge >= 0.3 is 0 Å². The summed E-state index contributed by atoms with van der Waals surface area (Å²) in [6, 6.07) is 9.41. The summed E-state index contributed by atoms with van der Waals surface area (Å²) < 4.78 is 5.17. The highest BCUT2D eigenvalue weighted by atomic mass is 16.5. The third-order valence-corrected chi connectivity index (χ3v) is 2.85. The van der Waals surface area contributed by atoms with Crippen molar-refractivity contribution in [1.29, 1.82) is 5.26 Å². The average Bonchev–Trinajstić information content (AvgIpc) is 3.16. The standard InChI is InChI=1S/C13H12N4O/c14-7-9-2-1-3-11(6-9)15-8-12-16-13(18-17-12)10-4-5-10/h1-3,6,10,15H,4-5,8H2. The largest absolute Gasteiger partial charge is 0.378 e. The van der Waals surface area contributed by atoms with Gasteiger partial charge in [0.15, 0.2) is 5.82 Å². The van der Waals surface area contributed by atoms with Crippen LogP contribution in [0.1, 0.15) is 36.0 Å². The molecular weight excluding hydrogens is 228 g/mol. The third-order valence-electron chi connectivity index (χ3n) is 2.85. The lowest BCUT2D eigenvalue weighted by molar-refractivity contribution is 0.374. The number of nitriles is 1. The van der Waals surface area contributed by atoms with Crippen LogP contribution in [0.25, 0.3) is 0 Å². The highest BCUT2D eigenvalue weighted by Gasteiger charge is 2.29. The van der Waals surface area contributed by atoms with E-state index in [0.717, 1.165) is 24.4 Å². The number of nitrogens with one attached hydrogen (secondary N) is 1. The normalized spacial score (nSPS) is 14.2. The SMILES string of the molecule is N#Cc1cccc(NCc2noc(C3CC3)n2)c1. The van der Waals surface area contributed by atoms with Crippen molar-refractivity contribution in [3.63, 3.8) is 0 Å². The van der Waals surface area contributed by atoms with Crippen LogP contribution in [0.5, 0.6) is 0 Å². The molecule has 90 valence electrons. The van der Waals surface area contributed by atoms with Crippen molar-refractivity contribution in [1.82, 2.24) is 10.1 Å². The first-order valence-corrected chi connectivity index (χ1v) is 5.91. The average molecular weight is 240 g/mol. The Bertz CT molecular complexity index is 595. The van der Waals surface area contributed by atoms with Gasteiger partial charge in [0, 0.05) is 11.6 Å². The van der Waals surface area contributed by atoms with Gasteiger partial charge < -0.3 is 9.84 Å². The molecule has 1 aliphatic carbocycles. The molecule has 0 atom stereocenters. The zero-order chi connectivity index (χ0) is 12.4. The Kier molecular flexibility index (Phi) is 2.69. The highest BCUT2D eigenvalue weighted by Crippen LogP contribution is 2.38. The predicted molar refractivity (Wildman–Crippen MR) is 64.8 cm³/mol. The van der Waals surface area contributed by atoms with E-state index in [1.54, 1.807) is 12.1 Å². The molecular formula is C13H12N4O. The van der Waals surface area contributed by atoms with Crippen molar-refractivity contribution >= 4 is 5.69 Å². The lowest BCUT2D eigenvalue weighted by atomic mass is 10.2. The summed E-state index contributed by atoms with van der Waals surface area (Å²) in [5.74, 6) is 1.88. The van der Waals surface area contributed by atoms with Gasteiger partial charge in [0.05, 0.1) is 18.2 Å². The summed E-state index contributed by atoms with van der Waals surface area (Å²) in [6.45, 7) is 0.505. The summed E-state index contributed by atoms with van der Waals surface area (Å²) in [5.41, 5.74) is 1.51. The Balaban J connectivity index is 1.64. The monoisotopic (exact) mass is 240 g/mol. The van der Waals surface area contributed by atoms with Gasteiger partial charge in [-0.15, -0.1) is 0 Å². The minimum absolute atomic E-state index is 0.480.